The van der Waals surface area contributed by atoms with Crippen molar-refractivity contribution in [3.63, 3.8) is 0 Å². The SMILES string of the molecule is COCCC(C)(F)C(=O)N1CCCCC1. The van der Waals surface area contributed by atoms with Gasteiger partial charge in [0.2, 0.25) is 0 Å². The summed E-state index contributed by atoms with van der Waals surface area (Å²) in [5.41, 5.74) is -1.77. The van der Waals surface area contributed by atoms with Crippen LogP contribution in [0.2, 0.25) is 0 Å². The van der Waals surface area contributed by atoms with Crippen molar-refractivity contribution in [2.45, 2.75) is 38.3 Å². The number of rotatable bonds is 4. The average molecular weight is 217 g/mol. The number of methoxy groups -OCH3 is 1. The summed E-state index contributed by atoms with van der Waals surface area (Å²) < 4.78 is 18.8. The molecule has 0 aliphatic carbocycles. The van der Waals surface area contributed by atoms with Crippen molar-refractivity contribution >= 4 is 5.91 Å². The van der Waals surface area contributed by atoms with Crippen molar-refractivity contribution in [1.82, 2.24) is 4.90 Å². The molecular weight excluding hydrogens is 197 g/mol. The number of hydrogen-bond donors (Lipinski definition) is 0. The molecule has 1 aliphatic rings. The lowest BCUT2D eigenvalue weighted by atomic mass is 10.0. The molecule has 1 saturated heterocycles. The van der Waals surface area contributed by atoms with Gasteiger partial charge in [-0.05, 0) is 26.2 Å². The maximum atomic E-state index is 14.0. The second-order valence-electron chi connectivity index (χ2n) is 4.29. The van der Waals surface area contributed by atoms with Crippen LogP contribution in [0.5, 0.6) is 0 Å². The second-order valence-corrected chi connectivity index (χ2v) is 4.29. The highest BCUT2D eigenvalue weighted by Crippen LogP contribution is 2.21. The molecule has 0 aromatic rings. The van der Waals surface area contributed by atoms with E-state index in [9.17, 15) is 9.18 Å². The maximum Gasteiger partial charge on any atom is 0.260 e. The van der Waals surface area contributed by atoms with E-state index in [0.29, 0.717) is 13.1 Å². The highest BCUT2D eigenvalue weighted by atomic mass is 19.1. The molecule has 1 unspecified atom stereocenters. The van der Waals surface area contributed by atoms with Crippen LogP contribution < -0.4 is 0 Å². The first kappa shape index (κ1) is 12.4. The minimum absolute atomic E-state index is 0.138. The van der Waals surface area contributed by atoms with Gasteiger partial charge >= 0.3 is 0 Å². The minimum Gasteiger partial charge on any atom is -0.385 e. The Balaban J connectivity index is 2.48. The molecule has 0 bridgehead atoms. The van der Waals surface area contributed by atoms with E-state index in [1.54, 1.807) is 4.90 Å². The molecule has 0 aromatic heterocycles. The Labute approximate surface area is 90.6 Å². The highest BCUT2D eigenvalue weighted by molar-refractivity contribution is 5.84. The van der Waals surface area contributed by atoms with Crippen LogP contribution >= 0.6 is 0 Å². The van der Waals surface area contributed by atoms with E-state index in [4.69, 9.17) is 4.74 Å². The van der Waals surface area contributed by atoms with Gasteiger partial charge < -0.3 is 9.64 Å². The lowest BCUT2D eigenvalue weighted by Gasteiger charge is -2.31. The summed E-state index contributed by atoms with van der Waals surface area (Å²) >= 11 is 0. The molecule has 1 heterocycles. The average Bonchev–Trinajstić information content (AvgIpc) is 2.26. The number of ether oxygens (including phenoxy) is 1. The molecule has 1 fully saturated rings. The summed E-state index contributed by atoms with van der Waals surface area (Å²) in [4.78, 5) is 13.5. The van der Waals surface area contributed by atoms with Crippen molar-refractivity contribution in [1.29, 1.82) is 0 Å². The Bertz CT molecular complexity index is 213. The molecular formula is C11H20FNO2. The van der Waals surface area contributed by atoms with Crippen LogP contribution in [-0.4, -0.2) is 43.3 Å². The first-order valence-electron chi connectivity index (χ1n) is 5.55. The van der Waals surface area contributed by atoms with Gasteiger partial charge in [0.1, 0.15) is 0 Å². The highest BCUT2D eigenvalue weighted by Gasteiger charge is 2.36. The zero-order valence-corrected chi connectivity index (χ0v) is 9.59. The molecule has 0 spiro atoms. The first-order chi connectivity index (χ1) is 7.08. The molecule has 1 rings (SSSR count). The fourth-order valence-electron chi connectivity index (χ4n) is 1.83. The Kier molecular flexibility index (Phi) is 4.51. The van der Waals surface area contributed by atoms with E-state index in [-0.39, 0.29) is 18.9 Å². The van der Waals surface area contributed by atoms with Crippen LogP contribution in [-0.2, 0) is 9.53 Å². The molecule has 0 aromatic carbocycles. The number of nitrogens with zero attached hydrogens (tertiary/aromatic N) is 1. The third-order valence-electron chi connectivity index (χ3n) is 2.86. The molecule has 0 saturated carbocycles. The normalized spacial score (nSPS) is 21.1. The molecule has 1 aliphatic heterocycles. The van der Waals surface area contributed by atoms with Gasteiger partial charge in [0.15, 0.2) is 5.67 Å². The Morgan fingerprint density at radius 3 is 2.53 bits per heavy atom. The van der Waals surface area contributed by atoms with Gasteiger partial charge in [-0.15, -0.1) is 0 Å². The molecule has 1 amide bonds. The van der Waals surface area contributed by atoms with Gasteiger partial charge in [-0.25, -0.2) is 4.39 Å². The van der Waals surface area contributed by atoms with Crippen LogP contribution in [0.25, 0.3) is 0 Å². The van der Waals surface area contributed by atoms with Crippen LogP contribution in [0.4, 0.5) is 4.39 Å². The monoisotopic (exact) mass is 217 g/mol. The summed E-state index contributed by atoms with van der Waals surface area (Å²) in [7, 11) is 1.52. The van der Waals surface area contributed by atoms with Gasteiger partial charge in [0, 0.05) is 33.2 Å². The van der Waals surface area contributed by atoms with Gasteiger partial charge in [0.05, 0.1) is 0 Å². The number of carbonyl (C=O) groups is 1. The summed E-state index contributed by atoms with van der Waals surface area (Å²) in [6.45, 7) is 3.03. The number of amides is 1. The molecule has 3 nitrogen and oxygen atoms in total. The van der Waals surface area contributed by atoms with Gasteiger partial charge in [0.25, 0.3) is 5.91 Å². The van der Waals surface area contributed by atoms with E-state index >= 15 is 0 Å². The molecule has 0 radical (unpaired) electrons. The molecule has 4 heteroatoms. The quantitative estimate of drug-likeness (QED) is 0.718. The van der Waals surface area contributed by atoms with Crippen molar-refractivity contribution in [3.05, 3.63) is 0 Å². The summed E-state index contributed by atoms with van der Waals surface area (Å²) in [6, 6.07) is 0. The Morgan fingerprint density at radius 1 is 1.40 bits per heavy atom. The van der Waals surface area contributed by atoms with E-state index in [0.717, 1.165) is 19.3 Å². The van der Waals surface area contributed by atoms with Crippen molar-refractivity contribution in [2.24, 2.45) is 0 Å². The van der Waals surface area contributed by atoms with E-state index in [1.165, 1.54) is 14.0 Å². The smallest absolute Gasteiger partial charge is 0.260 e. The number of hydrogen-bond acceptors (Lipinski definition) is 2. The Hall–Kier alpha value is -0.640. The zero-order valence-electron chi connectivity index (χ0n) is 9.59. The van der Waals surface area contributed by atoms with Crippen LogP contribution in [0.3, 0.4) is 0 Å². The van der Waals surface area contributed by atoms with E-state index in [1.807, 2.05) is 0 Å². The minimum atomic E-state index is -1.77. The van der Waals surface area contributed by atoms with Crippen molar-refractivity contribution < 1.29 is 13.9 Å². The lowest BCUT2D eigenvalue weighted by molar-refractivity contribution is -0.145. The zero-order chi connectivity index (χ0) is 11.3. The molecule has 88 valence electrons. The Morgan fingerprint density at radius 2 is 2.00 bits per heavy atom. The number of likely N-dealkylation sites (tertiary alicyclic amines) is 1. The van der Waals surface area contributed by atoms with Gasteiger partial charge in [-0.3, -0.25) is 4.79 Å². The fraction of sp³-hybridized carbons (Fsp3) is 0.909. The summed E-state index contributed by atoms with van der Waals surface area (Å²) in [6.07, 6.45) is 3.27. The summed E-state index contributed by atoms with van der Waals surface area (Å²) in [5, 5.41) is 0. The predicted molar refractivity (Wildman–Crippen MR) is 56.4 cm³/mol. The topological polar surface area (TPSA) is 29.5 Å². The predicted octanol–water partition coefficient (Wildman–Crippen LogP) is 1.76. The lowest BCUT2D eigenvalue weighted by Crippen LogP contribution is -2.47. The number of carbonyl (C=O) groups excluding carboxylic acids is 1. The maximum absolute atomic E-state index is 14.0. The number of alkyl halides is 1. The molecule has 15 heavy (non-hydrogen) atoms. The molecule has 0 N–H and O–H groups in total. The van der Waals surface area contributed by atoms with Crippen molar-refractivity contribution in [2.75, 3.05) is 26.8 Å². The number of halogens is 1. The second kappa shape index (κ2) is 5.45. The third kappa shape index (κ3) is 3.45. The van der Waals surface area contributed by atoms with Gasteiger partial charge in [-0.2, -0.15) is 0 Å². The van der Waals surface area contributed by atoms with Gasteiger partial charge in [-0.1, -0.05) is 0 Å². The standard InChI is InChI=1S/C11H20FNO2/c1-11(12,6-9-15-2)10(14)13-7-4-3-5-8-13/h3-9H2,1-2H3. The fourth-order valence-corrected chi connectivity index (χ4v) is 1.83. The van der Waals surface area contributed by atoms with E-state index < -0.39 is 5.67 Å². The van der Waals surface area contributed by atoms with Crippen molar-refractivity contribution in [3.8, 4) is 0 Å². The summed E-state index contributed by atoms with van der Waals surface area (Å²) in [5.74, 6) is -0.376. The number of piperidine rings is 1. The van der Waals surface area contributed by atoms with Crippen LogP contribution in [0.1, 0.15) is 32.6 Å². The first-order valence-corrected chi connectivity index (χ1v) is 5.55. The van der Waals surface area contributed by atoms with E-state index in [2.05, 4.69) is 0 Å². The van der Waals surface area contributed by atoms with Crippen LogP contribution in [0.15, 0.2) is 0 Å². The third-order valence-corrected chi connectivity index (χ3v) is 2.86. The molecule has 1 atom stereocenters. The largest absolute Gasteiger partial charge is 0.385 e. The van der Waals surface area contributed by atoms with Crippen LogP contribution in [0, 0.1) is 0 Å².